The number of Topliss-reactive ketones (excluding diaryl/α,β-unsaturated/α-hetero) is 1. The average Bonchev–Trinajstić information content (AvgIpc) is 2.68. The first-order valence-corrected chi connectivity index (χ1v) is 5.02. The number of carbonyl (C=O) groups is 2. The minimum Gasteiger partial charge on any atom is -0.478 e. The van der Waals surface area contributed by atoms with Crippen LogP contribution < -0.4 is 0 Å². The van der Waals surface area contributed by atoms with Crippen molar-refractivity contribution in [1.82, 2.24) is 0 Å². The van der Waals surface area contributed by atoms with E-state index >= 15 is 0 Å². The van der Waals surface area contributed by atoms with Crippen LogP contribution in [0.3, 0.4) is 0 Å². The summed E-state index contributed by atoms with van der Waals surface area (Å²) >= 11 is 0. The van der Waals surface area contributed by atoms with Crippen molar-refractivity contribution in [3.05, 3.63) is 40.5 Å². The first kappa shape index (κ1) is 11.6. The maximum absolute atomic E-state index is 11.7. The Balaban J connectivity index is 2.72. The van der Waals surface area contributed by atoms with Gasteiger partial charge in [-0.3, -0.25) is 4.79 Å². The van der Waals surface area contributed by atoms with Gasteiger partial charge in [-0.25, -0.2) is 4.79 Å². The molecule has 5 heteroatoms. The molecular formula is C13H6N2O3. The van der Waals surface area contributed by atoms with Gasteiger partial charge >= 0.3 is 5.97 Å². The number of carbonyl (C=O) groups excluding carboxylic acids is 1. The molecule has 1 aliphatic rings. The van der Waals surface area contributed by atoms with E-state index in [9.17, 15) is 9.59 Å². The third kappa shape index (κ3) is 1.64. The standard InChI is InChI=1S/C13H6N2O3/c14-5-8(6-15)10-4-12(16)9-2-1-7(13(17)18)3-11(9)10/h1-3H,4H2,(H,17,18). The number of ketones is 1. The maximum atomic E-state index is 11.7. The number of hydrogen-bond donors (Lipinski definition) is 1. The molecule has 1 aromatic rings. The fourth-order valence-electron chi connectivity index (χ4n) is 1.90. The number of carboxylic acids is 1. The molecule has 0 saturated carbocycles. The molecule has 86 valence electrons. The summed E-state index contributed by atoms with van der Waals surface area (Å²) in [5, 5.41) is 26.5. The number of aromatic carboxylic acids is 1. The first-order chi connectivity index (χ1) is 8.58. The predicted molar refractivity (Wildman–Crippen MR) is 60.5 cm³/mol. The second kappa shape index (κ2) is 4.15. The van der Waals surface area contributed by atoms with E-state index in [1.165, 1.54) is 18.2 Å². The van der Waals surface area contributed by atoms with E-state index in [4.69, 9.17) is 15.6 Å². The highest BCUT2D eigenvalue weighted by Gasteiger charge is 2.27. The van der Waals surface area contributed by atoms with Crippen LogP contribution in [0.15, 0.2) is 23.8 Å². The monoisotopic (exact) mass is 238 g/mol. The van der Waals surface area contributed by atoms with E-state index in [0.717, 1.165) is 0 Å². The van der Waals surface area contributed by atoms with Crippen molar-refractivity contribution in [3.8, 4) is 12.1 Å². The Kier molecular flexibility index (Phi) is 2.67. The molecule has 18 heavy (non-hydrogen) atoms. The van der Waals surface area contributed by atoms with E-state index < -0.39 is 5.97 Å². The van der Waals surface area contributed by atoms with Crippen LogP contribution in [0.2, 0.25) is 0 Å². The largest absolute Gasteiger partial charge is 0.478 e. The summed E-state index contributed by atoms with van der Waals surface area (Å²) in [7, 11) is 0. The van der Waals surface area contributed by atoms with Gasteiger partial charge in [0.25, 0.3) is 0 Å². The third-order valence-electron chi connectivity index (χ3n) is 2.75. The van der Waals surface area contributed by atoms with Crippen molar-refractivity contribution in [3.63, 3.8) is 0 Å². The molecule has 1 aromatic carbocycles. The molecule has 0 radical (unpaired) electrons. The van der Waals surface area contributed by atoms with Crippen LogP contribution in [0.25, 0.3) is 5.57 Å². The summed E-state index contributed by atoms with van der Waals surface area (Å²) in [4.78, 5) is 22.6. The number of rotatable bonds is 1. The van der Waals surface area contributed by atoms with Crippen LogP contribution >= 0.6 is 0 Å². The van der Waals surface area contributed by atoms with Crippen LogP contribution in [-0.2, 0) is 0 Å². The number of allylic oxidation sites excluding steroid dienone is 2. The van der Waals surface area contributed by atoms with Crippen LogP contribution in [-0.4, -0.2) is 16.9 Å². The number of fused-ring (bicyclic) bond motifs is 1. The minimum atomic E-state index is -1.12. The lowest BCUT2D eigenvalue weighted by molar-refractivity contribution is 0.0696. The summed E-state index contributed by atoms with van der Waals surface area (Å²) in [6.07, 6.45) is -0.0329. The molecule has 0 heterocycles. The molecule has 0 amide bonds. The number of hydrogen-bond acceptors (Lipinski definition) is 4. The normalized spacial score (nSPS) is 12.6. The Morgan fingerprint density at radius 2 is 1.89 bits per heavy atom. The van der Waals surface area contributed by atoms with Crippen molar-refractivity contribution in [1.29, 1.82) is 10.5 Å². The van der Waals surface area contributed by atoms with Gasteiger partial charge in [-0.2, -0.15) is 10.5 Å². The third-order valence-corrected chi connectivity index (χ3v) is 2.75. The second-order valence-electron chi connectivity index (χ2n) is 3.74. The molecular weight excluding hydrogens is 232 g/mol. The highest BCUT2D eigenvalue weighted by atomic mass is 16.4. The molecule has 0 fully saturated rings. The number of benzene rings is 1. The number of carboxylic acid groups (broad SMARTS) is 1. The van der Waals surface area contributed by atoms with Gasteiger partial charge in [0.05, 0.1) is 5.56 Å². The SMILES string of the molecule is N#CC(C#N)=C1CC(=O)c2ccc(C(=O)O)cc21. The lowest BCUT2D eigenvalue weighted by Gasteiger charge is -2.01. The van der Waals surface area contributed by atoms with Crippen LogP contribution in [0.1, 0.15) is 32.7 Å². The first-order valence-electron chi connectivity index (χ1n) is 5.02. The molecule has 0 aromatic heterocycles. The predicted octanol–water partition coefficient (Wildman–Crippen LogP) is 1.77. The van der Waals surface area contributed by atoms with Crippen LogP contribution in [0.5, 0.6) is 0 Å². The van der Waals surface area contributed by atoms with Gasteiger partial charge < -0.3 is 5.11 Å². The fraction of sp³-hybridized carbons (Fsp3) is 0.0769. The van der Waals surface area contributed by atoms with Crippen molar-refractivity contribution in [2.45, 2.75) is 6.42 Å². The Labute approximate surface area is 102 Å². The fourth-order valence-corrected chi connectivity index (χ4v) is 1.90. The summed E-state index contributed by atoms with van der Waals surface area (Å²) in [5.74, 6) is -1.33. The van der Waals surface area contributed by atoms with E-state index in [2.05, 4.69) is 0 Å². The Morgan fingerprint density at radius 1 is 1.22 bits per heavy atom. The molecule has 1 N–H and O–H groups in total. The molecule has 0 unspecified atom stereocenters. The molecule has 5 nitrogen and oxygen atoms in total. The number of nitriles is 2. The Hall–Kier alpha value is -2.92. The Morgan fingerprint density at radius 3 is 2.44 bits per heavy atom. The molecule has 0 spiro atoms. The average molecular weight is 238 g/mol. The molecule has 0 bridgehead atoms. The van der Waals surface area contributed by atoms with Gasteiger partial charge in [0.1, 0.15) is 17.7 Å². The van der Waals surface area contributed by atoms with Crippen LogP contribution in [0, 0.1) is 22.7 Å². The van der Waals surface area contributed by atoms with Crippen molar-refractivity contribution in [2.24, 2.45) is 0 Å². The zero-order chi connectivity index (χ0) is 13.3. The van der Waals surface area contributed by atoms with Gasteiger partial charge in [0, 0.05) is 12.0 Å². The van der Waals surface area contributed by atoms with Gasteiger partial charge in [0.15, 0.2) is 5.78 Å². The lowest BCUT2D eigenvalue weighted by Crippen LogP contribution is -1.98. The summed E-state index contributed by atoms with van der Waals surface area (Å²) < 4.78 is 0. The summed E-state index contributed by atoms with van der Waals surface area (Å²) in [6, 6.07) is 7.52. The smallest absolute Gasteiger partial charge is 0.335 e. The topological polar surface area (TPSA) is 102 Å². The number of nitrogens with zero attached hydrogens (tertiary/aromatic N) is 2. The van der Waals surface area contributed by atoms with E-state index in [0.29, 0.717) is 16.7 Å². The molecule has 2 rings (SSSR count). The molecule has 0 aliphatic heterocycles. The van der Waals surface area contributed by atoms with Crippen LogP contribution in [0.4, 0.5) is 0 Å². The van der Waals surface area contributed by atoms with Crippen molar-refractivity contribution in [2.75, 3.05) is 0 Å². The maximum Gasteiger partial charge on any atom is 0.335 e. The molecule has 1 aliphatic carbocycles. The Bertz CT molecular complexity index is 671. The van der Waals surface area contributed by atoms with E-state index in [-0.39, 0.29) is 23.3 Å². The highest BCUT2D eigenvalue weighted by molar-refractivity contribution is 6.13. The van der Waals surface area contributed by atoms with Gasteiger partial charge in [-0.05, 0) is 29.3 Å². The van der Waals surface area contributed by atoms with Gasteiger partial charge in [-0.1, -0.05) is 0 Å². The van der Waals surface area contributed by atoms with Gasteiger partial charge in [0.2, 0.25) is 0 Å². The zero-order valence-corrected chi connectivity index (χ0v) is 9.10. The van der Waals surface area contributed by atoms with E-state index in [1.54, 1.807) is 12.1 Å². The quantitative estimate of drug-likeness (QED) is 0.751. The van der Waals surface area contributed by atoms with E-state index in [1.807, 2.05) is 0 Å². The summed E-state index contributed by atoms with van der Waals surface area (Å²) in [5.41, 5.74) is 0.917. The summed E-state index contributed by atoms with van der Waals surface area (Å²) in [6.45, 7) is 0. The lowest BCUT2D eigenvalue weighted by atomic mass is 10.0. The highest BCUT2D eigenvalue weighted by Crippen LogP contribution is 2.34. The minimum absolute atomic E-state index is 0.0242. The van der Waals surface area contributed by atoms with Crippen molar-refractivity contribution >= 4 is 17.3 Å². The van der Waals surface area contributed by atoms with Gasteiger partial charge in [-0.15, -0.1) is 0 Å². The zero-order valence-electron chi connectivity index (χ0n) is 9.10. The van der Waals surface area contributed by atoms with Crippen molar-refractivity contribution < 1.29 is 14.7 Å². The molecule has 0 saturated heterocycles. The molecule has 0 atom stereocenters. The second-order valence-corrected chi connectivity index (χ2v) is 3.74.